The summed E-state index contributed by atoms with van der Waals surface area (Å²) in [5, 5.41) is 2.85. The molecule has 1 aliphatic heterocycles. The van der Waals surface area contributed by atoms with Gasteiger partial charge in [-0.3, -0.25) is 5.32 Å². The van der Waals surface area contributed by atoms with E-state index >= 15 is 0 Å². The number of rotatable bonds is 3. The summed E-state index contributed by atoms with van der Waals surface area (Å²) in [6.45, 7) is 4.57. The van der Waals surface area contributed by atoms with E-state index in [9.17, 15) is 4.57 Å². The van der Waals surface area contributed by atoms with Crippen LogP contribution in [-0.4, -0.2) is 24.0 Å². The highest BCUT2D eigenvalue weighted by atomic mass is 32.2. The Morgan fingerprint density at radius 1 is 1.82 bits per heavy atom. The van der Waals surface area contributed by atoms with E-state index in [2.05, 4.69) is 5.32 Å². The fourth-order valence-corrected chi connectivity index (χ4v) is 3.14. The molecule has 1 N–H and O–H groups in total. The molecule has 64 valence electrons. The molecule has 0 aromatic rings. The third-order valence-electron chi connectivity index (χ3n) is 1.57. The van der Waals surface area contributed by atoms with Gasteiger partial charge >= 0.3 is 8.03 Å². The summed E-state index contributed by atoms with van der Waals surface area (Å²) in [4.78, 5) is 0. The summed E-state index contributed by atoms with van der Waals surface area (Å²) in [6, 6.07) is 0. The molecule has 0 radical (unpaired) electrons. The van der Waals surface area contributed by atoms with Crippen LogP contribution in [0.15, 0.2) is 0 Å². The molecule has 1 saturated heterocycles. The molecule has 1 aliphatic rings. The first kappa shape index (κ1) is 9.46. The Morgan fingerprint density at radius 2 is 2.55 bits per heavy atom. The van der Waals surface area contributed by atoms with Gasteiger partial charge in [-0.2, -0.15) is 0 Å². The van der Waals surface area contributed by atoms with Crippen molar-refractivity contribution >= 4 is 19.8 Å². The van der Waals surface area contributed by atoms with E-state index in [0.717, 1.165) is 18.7 Å². The van der Waals surface area contributed by atoms with Crippen molar-refractivity contribution in [3.05, 3.63) is 0 Å². The van der Waals surface area contributed by atoms with E-state index in [-0.39, 0.29) is 5.06 Å². The highest BCUT2D eigenvalue weighted by molar-refractivity contribution is 8.00. The van der Waals surface area contributed by atoms with Gasteiger partial charge in [-0.05, 0) is 4.57 Å². The lowest BCUT2D eigenvalue weighted by molar-refractivity contribution is 0.146. The fourth-order valence-electron chi connectivity index (χ4n) is 1.07. The predicted molar refractivity (Wildman–Crippen MR) is 48.1 cm³/mol. The average Bonchev–Trinajstić information content (AvgIpc) is 2.36. The topological polar surface area (TPSA) is 38.3 Å². The molecule has 11 heavy (non-hydrogen) atoms. The van der Waals surface area contributed by atoms with Gasteiger partial charge in [0.2, 0.25) is 5.06 Å². The van der Waals surface area contributed by atoms with Gasteiger partial charge in [0, 0.05) is 18.7 Å². The van der Waals surface area contributed by atoms with E-state index in [1.165, 1.54) is 0 Å². The Morgan fingerprint density at radius 3 is 2.91 bits per heavy atom. The Bertz CT molecular complexity index is 159. The number of nitrogens with one attached hydrogen (secondary N) is 1. The zero-order chi connectivity index (χ0) is 8.32. The molecule has 5 heteroatoms. The van der Waals surface area contributed by atoms with Crippen LogP contribution in [0.2, 0.25) is 0 Å². The minimum Gasteiger partial charge on any atom is -0.276 e. The summed E-state index contributed by atoms with van der Waals surface area (Å²) in [6.07, 6.45) is 0.854. The van der Waals surface area contributed by atoms with Crippen molar-refractivity contribution in [2.75, 3.05) is 19.0 Å². The molecule has 0 spiro atoms. The molecule has 1 rings (SSSR count). The van der Waals surface area contributed by atoms with Crippen LogP contribution >= 0.6 is 19.8 Å². The van der Waals surface area contributed by atoms with Crippen molar-refractivity contribution in [2.24, 2.45) is 0 Å². The van der Waals surface area contributed by atoms with Crippen LogP contribution in [0.4, 0.5) is 0 Å². The SMILES string of the molecule is CCC1(O[P+](C)=O)NCCS1. The molecule has 1 fully saturated rings. The maximum atomic E-state index is 10.8. The van der Waals surface area contributed by atoms with Crippen molar-refractivity contribution in [3.63, 3.8) is 0 Å². The molecular weight excluding hydrogens is 181 g/mol. The van der Waals surface area contributed by atoms with Crippen LogP contribution in [0.25, 0.3) is 0 Å². The Hall–Kier alpha value is 0.370. The molecule has 0 amide bonds. The zero-order valence-corrected chi connectivity index (χ0v) is 8.50. The van der Waals surface area contributed by atoms with Gasteiger partial charge < -0.3 is 0 Å². The lowest BCUT2D eigenvalue weighted by Gasteiger charge is -2.18. The van der Waals surface area contributed by atoms with Gasteiger partial charge in [0.1, 0.15) is 0 Å². The van der Waals surface area contributed by atoms with Gasteiger partial charge in [-0.15, -0.1) is 16.3 Å². The summed E-state index contributed by atoms with van der Waals surface area (Å²) < 4.78 is 16.1. The van der Waals surface area contributed by atoms with Gasteiger partial charge in [0.15, 0.2) is 6.66 Å². The molecule has 1 heterocycles. The smallest absolute Gasteiger partial charge is 0.276 e. The highest BCUT2D eigenvalue weighted by Crippen LogP contribution is 2.38. The Kier molecular flexibility index (Phi) is 3.31. The van der Waals surface area contributed by atoms with Crippen molar-refractivity contribution in [3.8, 4) is 0 Å². The molecule has 0 bridgehead atoms. The van der Waals surface area contributed by atoms with Gasteiger partial charge in [-0.1, -0.05) is 6.92 Å². The second kappa shape index (κ2) is 3.85. The average molecular weight is 194 g/mol. The van der Waals surface area contributed by atoms with E-state index in [1.807, 2.05) is 6.92 Å². The molecule has 0 saturated carbocycles. The highest BCUT2D eigenvalue weighted by Gasteiger charge is 2.40. The monoisotopic (exact) mass is 194 g/mol. The van der Waals surface area contributed by atoms with E-state index < -0.39 is 8.03 Å². The first-order chi connectivity index (χ1) is 5.18. The minimum atomic E-state index is -1.50. The van der Waals surface area contributed by atoms with Crippen LogP contribution in [0, 0.1) is 0 Å². The maximum Gasteiger partial charge on any atom is 0.507 e. The van der Waals surface area contributed by atoms with Crippen LogP contribution in [0.1, 0.15) is 13.3 Å². The van der Waals surface area contributed by atoms with Crippen molar-refractivity contribution < 1.29 is 9.09 Å². The van der Waals surface area contributed by atoms with Crippen LogP contribution < -0.4 is 5.32 Å². The molecule has 2 atom stereocenters. The third-order valence-corrected chi connectivity index (χ3v) is 3.66. The molecule has 3 nitrogen and oxygen atoms in total. The number of hydrogen-bond acceptors (Lipinski definition) is 4. The van der Waals surface area contributed by atoms with Gasteiger partial charge in [-0.25, -0.2) is 0 Å². The Labute approximate surface area is 72.1 Å². The first-order valence-corrected chi connectivity index (χ1v) is 6.28. The second-order valence-corrected chi connectivity index (χ2v) is 4.83. The largest absolute Gasteiger partial charge is 0.507 e. The van der Waals surface area contributed by atoms with Gasteiger partial charge in [0.05, 0.1) is 0 Å². The first-order valence-electron chi connectivity index (χ1n) is 3.67. The zero-order valence-electron chi connectivity index (χ0n) is 6.79. The van der Waals surface area contributed by atoms with Crippen molar-refractivity contribution in [1.82, 2.24) is 5.32 Å². The van der Waals surface area contributed by atoms with E-state index in [0.29, 0.717) is 0 Å². The van der Waals surface area contributed by atoms with Crippen molar-refractivity contribution in [1.29, 1.82) is 0 Å². The quantitative estimate of drug-likeness (QED) is 0.695. The molecule has 0 aromatic heterocycles. The third kappa shape index (κ3) is 2.41. The van der Waals surface area contributed by atoms with Crippen LogP contribution in [-0.2, 0) is 9.09 Å². The lowest BCUT2D eigenvalue weighted by Crippen LogP contribution is -2.37. The molecule has 2 unspecified atom stereocenters. The molecule has 0 aliphatic carbocycles. The molecular formula is C6H13NO2PS+. The second-order valence-electron chi connectivity index (χ2n) is 2.41. The van der Waals surface area contributed by atoms with Gasteiger partial charge in [0.25, 0.3) is 0 Å². The number of thioether (sulfide) groups is 1. The Balaban J connectivity index is 2.52. The van der Waals surface area contributed by atoms with Crippen LogP contribution in [0.5, 0.6) is 0 Å². The number of hydrogen-bond donors (Lipinski definition) is 1. The lowest BCUT2D eigenvalue weighted by atomic mass is 10.4. The van der Waals surface area contributed by atoms with Crippen molar-refractivity contribution in [2.45, 2.75) is 18.4 Å². The fraction of sp³-hybridized carbons (Fsp3) is 1.00. The summed E-state index contributed by atoms with van der Waals surface area (Å²) in [7, 11) is -1.50. The standard InChI is InChI=1S/C6H13NO2PS/c1-3-6(9-10(2)8)7-4-5-11-6/h7H,3-5H2,1-2H3/q+1. The van der Waals surface area contributed by atoms with Crippen LogP contribution in [0.3, 0.4) is 0 Å². The molecule has 0 aromatic carbocycles. The van der Waals surface area contributed by atoms with E-state index in [4.69, 9.17) is 4.52 Å². The summed E-state index contributed by atoms with van der Waals surface area (Å²) in [5.74, 6) is 1.04. The normalized spacial score (nSPS) is 32.4. The minimum absolute atomic E-state index is 0.359. The van der Waals surface area contributed by atoms with E-state index in [1.54, 1.807) is 18.4 Å². The summed E-state index contributed by atoms with van der Waals surface area (Å²) in [5.41, 5.74) is 0. The maximum absolute atomic E-state index is 10.8. The predicted octanol–water partition coefficient (Wildman–Crippen LogP) is 1.78. The summed E-state index contributed by atoms with van der Waals surface area (Å²) >= 11 is 1.70.